The molecule has 2 saturated heterocycles. The summed E-state index contributed by atoms with van der Waals surface area (Å²) in [5.74, 6) is -8.40. The number of esters is 1. The second-order valence-corrected chi connectivity index (χ2v) is 28.2. The molecule has 3 aliphatic heterocycles. The monoisotopic (exact) mass is 1060 g/mol. The maximum atomic E-state index is 16.7. The van der Waals surface area contributed by atoms with Crippen LogP contribution in [0.2, 0.25) is 18.1 Å². The van der Waals surface area contributed by atoms with Crippen molar-refractivity contribution in [2.45, 2.75) is 212 Å². The normalized spacial score (nSPS) is 35.8. The Morgan fingerprint density at radius 1 is 0.919 bits per heavy atom. The van der Waals surface area contributed by atoms with E-state index in [1.165, 1.54) is 24.7 Å². The largest absolute Gasteiger partial charge is 0.456 e. The highest BCUT2D eigenvalue weighted by Gasteiger charge is 2.57. The number of nitrogens with zero attached hydrogens (tertiary/aromatic N) is 1. The molecule has 4 aliphatic rings. The Balaban J connectivity index is 1.54. The molecule has 1 aromatic carbocycles. The molecule has 16 heteroatoms. The number of fused-ring (bicyclic) bond motifs is 3. The number of ketones is 2. The number of ether oxygens (including phenoxy) is 6. The maximum absolute atomic E-state index is 16.7. The second-order valence-electron chi connectivity index (χ2n) is 23.5. The number of piperidine rings is 1. The van der Waals surface area contributed by atoms with Crippen molar-refractivity contribution in [3.05, 3.63) is 59.2 Å². The minimum absolute atomic E-state index is 0.0132. The topological polar surface area (TPSA) is 168 Å². The van der Waals surface area contributed by atoms with E-state index in [2.05, 4.69) is 57.4 Å². The minimum Gasteiger partial charge on any atom is -0.456 e. The van der Waals surface area contributed by atoms with Crippen LogP contribution in [-0.2, 0) is 58.6 Å². The van der Waals surface area contributed by atoms with Crippen LogP contribution in [0.5, 0.6) is 0 Å². The zero-order valence-electron chi connectivity index (χ0n) is 47.3. The minimum atomic E-state index is -2.62. The molecule has 1 aromatic rings. The number of hydrogen-bond donors (Lipinski definition) is 2. The van der Waals surface area contributed by atoms with Gasteiger partial charge in [-0.2, -0.15) is 0 Å². The number of nitrogens with one attached hydrogen (secondary N) is 1. The third-order valence-corrected chi connectivity index (χ3v) is 21.6. The lowest BCUT2D eigenvalue weighted by Crippen LogP contribution is -2.64. The number of rotatable bonds is 14. The van der Waals surface area contributed by atoms with Gasteiger partial charge >= 0.3 is 5.97 Å². The Morgan fingerprint density at radius 3 is 2.22 bits per heavy atom. The molecule has 14 nitrogen and oxygen atoms in total. The molecule has 2 N–H and O–H groups in total. The first-order chi connectivity index (χ1) is 34.9. The van der Waals surface area contributed by atoms with Gasteiger partial charge in [-0.05, 0) is 118 Å². The van der Waals surface area contributed by atoms with Crippen LogP contribution in [0.1, 0.15) is 132 Å². The number of carbonyl (C=O) groups is 4. The summed E-state index contributed by atoms with van der Waals surface area (Å²) >= 11 is 0. The second kappa shape index (κ2) is 27.4. The van der Waals surface area contributed by atoms with Crippen molar-refractivity contribution in [2.24, 2.45) is 29.6 Å². The number of allylic oxidation sites excluding steroid dienone is 3. The van der Waals surface area contributed by atoms with Crippen LogP contribution in [0, 0.1) is 29.6 Å². The smallest absolute Gasteiger partial charge is 0.329 e. The van der Waals surface area contributed by atoms with Crippen molar-refractivity contribution >= 4 is 31.8 Å². The molecule has 418 valence electrons. The summed E-state index contributed by atoms with van der Waals surface area (Å²) in [7, 11) is 2.02. The fourth-order valence-corrected chi connectivity index (χ4v) is 12.7. The van der Waals surface area contributed by atoms with E-state index < -0.39 is 98.2 Å². The van der Waals surface area contributed by atoms with Crippen LogP contribution in [0.4, 0.5) is 4.39 Å². The first-order valence-electron chi connectivity index (χ1n) is 27.5. The molecule has 0 aromatic heterocycles. The Hall–Kier alpha value is -3.19. The van der Waals surface area contributed by atoms with Crippen LogP contribution in [0.25, 0.3) is 0 Å². The van der Waals surface area contributed by atoms with E-state index in [9.17, 15) is 19.5 Å². The fraction of sp³-hybridized carbons (Fsp3) is 0.759. The Kier molecular flexibility index (Phi) is 22.8. The summed E-state index contributed by atoms with van der Waals surface area (Å²) < 4.78 is 61.1. The van der Waals surface area contributed by atoms with E-state index in [4.69, 9.17) is 32.8 Å². The molecule has 2 bridgehead atoms. The molecule has 1 saturated carbocycles. The average molecular weight is 1060 g/mol. The van der Waals surface area contributed by atoms with Gasteiger partial charge in [-0.1, -0.05) is 91.0 Å². The number of halogens is 1. The molecule has 1 amide bonds. The van der Waals surface area contributed by atoms with E-state index in [1.54, 1.807) is 34.0 Å². The molecule has 5 rings (SSSR count). The number of Topliss-reactive ketones (excluding diaryl/α,β-unsaturated/α-hetero) is 2. The van der Waals surface area contributed by atoms with Gasteiger partial charge in [0, 0.05) is 65.1 Å². The van der Waals surface area contributed by atoms with Crippen molar-refractivity contribution in [3.63, 3.8) is 0 Å². The molecule has 0 spiro atoms. The molecule has 74 heavy (non-hydrogen) atoms. The first-order valence-corrected chi connectivity index (χ1v) is 30.4. The number of carbonyl (C=O) groups excluding carboxylic acids is 4. The molecule has 0 radical (unpaired) electrons. The molecule has 3 fully saturated rings. The summed E-state index contributed by atoms with van der Waals surface area (Å²) in [6, 6.07) is 9.08. The van der Waals surface area contributed by atoms with Crippen LogP contribution >= 0.6 is 0 Å². The lowest BCUT2D eigenvalue weighted by atomic mass is 9.81. The summed E-state index contributed by atoms with van der Waals surface area (Å²) in [4.78, 5) is 60.2. The molecule has 3 heterocycles. The highest BCUT2D eigenvalue weighted by atomic mass is 28.4. The Bertz CT molecular complexity index is 2070. The fourth-order valence-electron chi connectivity index (χ4n) is 11.3. The summed E-state index contributed by atoms with van der Waals surface area (Å²) in [5, 5.41) is 15.5. The number of hydrogen-bond acceptors (Lipinski definition) is 13. The van der Waals surface area contributed by atoms with Gasteiger partial charge in [0.1, 0.15) is 30.2 Å². The number of methoxy groups -OCH3 is 3. The van der Waals surface area contributed by atoms with Crippen LogP contribution in [0.3, 0.4) is 0 Å². The van der Waals surface area contributed by atoms with Crippen molar-refractivity contribution in [3.8, 4) is 0 Å². The molecular weight excluding hydrogens is 964 g/mol. The number of alkyl halides is 1. The predicted molar refractivity (Wildman–Crippen MR) is 286 cm³/mol. The van der Waals surface area contributed by atoms with Gasteiger partial charge in [0.25, 0.3) is 11.7 Å². The quantitative estimate of drug-likeness (QED) is 0.0595. The maximum Gasteiger partial charge on any atom is 0.329 e. The molecule has 1 aliphatic carbocycles. The lowest BCUT2D eigenvalue weighted by molar-refractivity contribution is -0.302. The van der Waals surface area contributed by atoms with Gasteiger partial charge in [0.2, 0.25) is 5.79 Å². The highest BCUT2D eigenvalue weighted by molar-refractivity contribution is 6.74. The SMILES string of the molecule is CCC1/C=C(\C)C(F)C(C)CC(OC)C2OC(O)(C(=O)C(=O)N3CCCCC3C(=O)OC(C(C)=CC3CCC(OCCNCc4ccccc4)C(OC)C3)C(C)C(O[Si](C)(C)C(C)(C)C)CC1=O)C(C)CC2OC. The van der Waals surface area contributed by atoms with Gasteiger partial charge < -0.3 is 48.2 Å². The summed E-state index contributed by atoms with van der Waals surface area (Å²) in [5.41, 5.74) is 2.36. The third kappa shape index (κ3) is 15.3. The zero-order chi connectivity index (χ0) is 54.7. The van der Waals surface area contributed by atoms with Crippen molar-refractivity contribution in [1.82, 2.24) is 10.2 Å². The zero-order valence-corrected chi connectivity index (χ0v) is 48.3. The number of cyclic esters (lactones) is 1. The van der Waals surface area contributed by atoms with Gasteiger partial charge in [-0.3, -0.25) is 14.4 Å². The number of aliphatic hydroxyl groups is 1. The Labute approximate surface area is 443 Å². The summed E-state index contributed by atoms with van der Waals surface area (Å²) in [6.45, 7) is 23.6. The van der Waals surface area contributed by atoms with Crippen molar-refractivity contribution in [2.75, 3.05) is 41.0 Å². The number of benzene rings is 1. The van der Waals surface area contributed by atoms with Gasteiger partial charge in [-0.25, -0.2) is 9.18 Å². The lowest BCUT2D eigenvalue weighted by Gasteiger charge is -2.47. The van der Waals surface area contributed by atoms with E-state index in [0.717, 1.165) is 25.0 Å². The standard InChI is InChI=1S/C58H93FN2O12Si/c1-15-43-30-36(2)51(59)37(3)31-49(68-11)53-50(69-12)32-39(5)58(66,72-53)54(63)55(64)61-27-20-19-23-44(61)56(65)71-52(40(6)47(34-45(43)62)73-74(13,14)57(7,8)9)38(4)29-42-24-25-46(48(33-42)67-10)70-28-26-60-35-41-21-17-16-18-22-41/h16-18,21-22,29-30,37,39-40,42-44,46-53,60,66H,15,19-20,23-28,31-35H2,1-14H3/b36-30+,38-29?. The van der Waals surface area contributed by atoms with Gasteiger partial charge in [0.05, 0.1) is 37.1 Å². The van der Waals surface area contributed by atoms with Gasteiger partial charge in [0.15, 0.2) is 8.32 Å². The molecule has 15 unspecified atom stereocenters. The average Bonchev–Trinajstić information content (AvgIpc) is 3.37. The van der Waals surface area contributed by atoms with Crippen molar-refractivity contribution in [1.29, 1.82) is 0 Å². The van der Waals surface area contributed by atoms with Crippen LogP contribution < -0.4 is 5.32 Å². The van der Waals surface area contributed by atoms with Gasteiger partial charge in [-0.15, -0.1) is 0 Å². The van der Waals surface area contributed by atoms with E-state index in [0.29, 0.717) is 44.4 Å². The Morgan fingerprint density at radius 2 is 1.58 bits per heavy atom. The number of amides is 1. The predicted octanol–water partition coefficient (Wildman–Crippen LogP) is 9.26. The van der Waals surface area contributed by atoms with Crippen molar-refractivity contribution < 1.29 is 61.5 Å². The van der Waals surface area contributed by atoms with E-state index in [1.807, 2.05) is 39.0 Å². The van der Waals surface area contributed by atoms with E-state index in [-0.39, 0.29) is 61.2 Å². The summed E-state index contributed by atoms with van der Waals surface area (Å²) in [6.07, 6.45) is 2.08. The highest BCUT2D eigenvalue weighted by Crippen LogP contribution is 2.42. The first kappa shape index (κ1) is 61.7. The molecular formula is C58H93FN2O12Si. The van der Waals surface area contributed by atoms with Crippen LogP contribution in [-0.4, -0.2) is 144 Å². The molecule has 15 atom stereocenters. The van der Waals surface area contributed by atoms with E-state index >= 15 is 9.18 Å². The van der Waals surface area contributed by atoms with Crippen LogP contribution in [0.15, 0.2) is 53.6 Å². The third-order valence-electron chi connectivity index (χ3n) is 17.1.